The van der Waals surface area contributed by atoms with Gasteiger partial charge in [0.25, 0.3) is 5.78 Å². The van der Waals surface area contributed by atoms with Crippen molar-refractivity contribution >= 4 is 23.3 Å². The number of aliphatic hydroxyl groups is 1. The molecule has 2 heterocycles. The Morgan fingerprint density at radius 2 is 1.79 bits per heavy atom. The van der Waals surface area contributed by atoms with Gasteiger partial charge < -0.3 is 14.4 Å². The number of hydrogen-bond acceptors (Lipinski definition) is 6. The third kappa shape index (κ3) is 3.91. The van der Waals surface area contributed by atoms with E-state index in [9.17, 15) is 14.7 Å². The molecule has 0 saturated carbocycles. The van der Waals surface area contributed by atoms with Crippen LogP contribution in [0.3, 0.4) is 0 Å². The van der Waals surface area contributed by atoms with Gasteiger partial charge in [-0.3, -0.25) is 14.5 Å². The van der Waals surface area contributed by atoms with E-state index in [1.807, 2.05) is 31.2 Å². The summed E-state index contributed by atoms with van der Waals surface area (Å²) in [4.78, 5) is 27.6. The van der Waals surface area contributed by atoms with E-state index in [0.29, 0.717) is 28.6 Å². The van der Waals surface area contributed by atoms with Gasteiger partial charge in [0.1, 0.15) is 17.3 Å². The zero-order chi connectivity index (χ0) is 23.9. The van der Waals surface area contributed by atoms with Crippen LogP contribution in [0.15, 0.2) is 58.6 Å². The molecule has 0 unspecified atom stereocenters. The van der Waals surface area contributed by atoms with E-state index in [4.69, 9.17) is 9.26 Å². The molecule has 2 aromatic carbocycles. The minimum Gasteiger partial charge on any atom is -0.507 e. The molecule has 1 N–H and O–H groups in total. The number of carbonyl (C=O) groups is 2. The summed E-state index contributed by atoms with van der Waals surface area (Å²) in [5.41, 5.74) is 3.03. The lowest BCUT2D eigenvalue weighted by molar-refractivity contribution is -0.132. The maximum atomic E-state index is 13.2. The second-order valence-electron chi connectivity index (χ2n) is 8.47. The number of nitrogens with zero attached hydrogens (tertiary/aromatic N) is 2. The van der Waals surface area contributed by atoms with Gasteiger partial charge in [-0.1, -0.05) is 43.3 Å². The van der Waals surface area contributed by atoms with Crippen LogP contribution in [0.25, 0.3) is 5.76 Å². The predicted molar refractivity (Wildman–Crippen MR) is 124 cm³/mol. The number of aryl methyl sites for hydroxylation is 2. The van der Waals surface area contributed by atoms with Gasteiger partial charge >= 0.3 is 5.91 Å². The molecule has 7 heteroatoms. The number of aliphatic hydroxyl groups excluding tert-OH is 1. The van der Waals surface area contributed by atoms with Gasteiger partial charge in [0.15, 0.2) is 5.82 Å². The second kappa shape index (κ2) is 8.58. The Balaban J connectivity index is 1.91. The summed E-state index contributed by atoms with van der Waals surface area (Å²) in [5.74, 6) is -0.0896. The monoisotopic (exact) mass is 446 g/mol. The number of rotatable bonds is 5. The Morgan fingerprint density at radius 3 is 2.33 bits per heavy atom. The highest BCUT2D eigenvalue weighted by atomic mass is 16.5. The van der Waals surface area contributed by atoms with Gasteiger partial charge in [0, 0.05) is 11.6 Å². The first kappa shape index (κ1) is 22.3. The van der Waals surface area contributed by atoms with E-state index >= 15 is 0 Å². The lowest BCUT2D eigenvalue weighted by Gasteiger charge is -2.23. The third-order valence-electron chi connectivity index (χ3n) is 5.89. The van der Waals surface area contributed by atoms with Crippen molar-refractivity contribution in [1.29, 1.82) is 0 Å². The van der Waals surface area contributed by atoms with E-state index in [2.05, 4.69) is 19.0 Å². The molecule has 1 amide bonds. The topological polar surface area (TPSA) is 92.9 Å². The fourth-order valence-corrected chi connectivity index (χ4v) is 4.10. The molecule has 4 rings (SSSR count). The average Bonchev–Trinajstić information content (AvgIpc) is 3.34. The maximum Gasteiger partial charge on any atom is 0.301 e. The van der Waals surface area contributed by atoms with Crippen molar-refractivity contribution in [2.75, 3.05) is 12.0 Å². The molecule has 1 saturated heterocycles. The highest BCUT2D eigenvalue weighted by Gasteiger charge is 2.48. The molecule has 7 nitrogen and oxygen atoms in total. The third-order valence-corrected chi connectivity index (χ3v) is 5.89. The molecule has 0 bridgehead atoms. The fourth-order valence-electron chi connectivity index (χ4n) is 4.10. The number of ketones is 1. The SMILES string of the molecule is COc1ccc(C(O)=C2C(=O)C(=O)N(c3cc(C)on3)[C@@H]2c2ccc(C(C)C)cc2)cc1C. The lowest BCUT2D eigenvalue weighted by atomic mass is 9.93. The van der Waals surface area contributed by atoms with Crippen LogP contribution >= 0.6 is 0 Å². The summed E-state index contributed by atoms with van der Waals surface area (Å²) < 4.78 is 10.5. The summed E-state index contributed by atoms with van der Waals surface area (Å²) in [5, 5.41) is 15.2. The molecule has 0 radical (unpaired) electrons. The fraction of sp³-hybridized carbons (Fsp3) is 0.269. The van der Waals surface area contributed by atoms with Crippen LogP contribution in [0.1, 0.15) is 53.8 Å². The number of aromatic nitrogens is 1. The Bertz CT molecular complexity index is 1250. The van der Waals surface area contributed by atoms with E-state index in [-0.39, 0.29) is 17.2 Å². The van der Waals surface area contributed by atoms with Crippen LogP contribution in [-0.2, 0) is 9.59 Å². The Kier molecular flexibility index (Phi) is 5.80. The highest BCUT2D eigenvalue weighted by Crippen LogP contribution is 2.42. The first-order chi connectivity index (χ1) is 15.7. The molecule has 33 heavy (non-hydrogen) atoms. The van der Waals surface area contributed by atoms with Crippen LogP contribution in [0.5, 0.6) is 5.75 Å². The van der Waals surface area contributed by atoms with E-state index in [1.54, 1.807) is 38.3 Å². The molecule has 1 aliphatic heterocycles. The number of anilines is 1. The van der Waals surface area contributed by atoms with Gasteiger partial charge in [0.05, 0.1) is 18.7 Å². The Morgan fingerprint density at radius 1 is 1.09 bits per heavy atom. The first-order valence-electron chi connectivity index (χ1n) is 10.7. The second-order valence-corrected chi connectivity index (χ2v) is 8.47. The van der Waals surface area contributed by atoms with Crippen LogP contribution in [-0.4, -0.2) is 29.1 Å². The summed E-state index contributed by atoms with van der Waals surface area (Å²) in [7, 11) is 1.56. The smallest absolute Gasteiger partial charge is 0.301 e. The summed E-state index contributed by atoms with van der Waals surface area (Å²) in [6.45, 7) is 7.73. The summed E-state index contributed by atoms with van der Waals surface area (Å²) in [6, 6.07) is 13.5. The maximum absolute atomic E-state index is 13.2. The molecule has 1 fully saturated rings. The largest absolute Gasteiger partial charge is 0.507 e. The molecule has 0 spiro atoms. The number of benzene rings is 2. The molecule has 0 aliphatic carbocycles. The van der Waals surface area contributed by atoms with Crippen molar-refractivity contribution in [3.8, 4) is 5.75 Å². The molecule has 1 aromatic heterocycles. The van der Waals surface area contributed by atoms with Crippen LogP contribution < -0.4 is 9.64 Å². The number of carbonyl (C=O) groups excluding carboxylic acids is 2. The standard InChI is InChI=1S/C26H26N2O5/c1-14(2)17-6-8-18(9-7-17)23-22(24(29)19-10-11-20(32-5)15(3)12-19)25(30)26(31)28(23)21-13-16(4)33-27-21/h6-14,23,29H,1-5H3/t23-/m1/s1. The number of methoxy groups -OCH3 is 1. The number of hydrogen-bond donors (Lipinski definition) is 1. The number of Topliss-reactive ketones (excluding diaryl/α,β-unsaturated/α-hetero) is 1. The average molecular weight is 447 g/mol. The molecule has 170 valence electrons. The predicted octanol–water partition coefficient (Wildman–Crippen LogP) is 5.05. The van der Waals surface area contributed by atoms with Gasteiger partial charge in [-0.15, -0.1) is 0 Å². The summed E-state index contributed by atoms with van der Waals surface area (Å²) in [6.07, 6.45) is 0. The van der Waals surface area contributed by atoms with Crippen molar-refractivity contribution < 1.29 is 24.0 Å². The Hall–Kier alpha value is -3.87. The van der Waals surface area contributed by atoms with Crippen molar-refractivity contribution in [2.45, 2.75) is 39.7 Å². The lowest BCUT2D eigenvalue weighted by Crippen LogP contribution is -2.29. The molecule has 3 aromatic rings. The number of amides is 1. The van der Waals surface area contributed by atoms with Crippen molar-refractivity contribution in [3.63, 3.8) is 0 Å². The van der Waals surface area contributed by atoms with Crippen LogP contribution in [0.2, 0.25) is 0 Å². The van der Waals surface area contributed by atoms with Crippen molar-refractivity contribution in [3.05, 3.63) is 82.1 Å². The number of ether oxygens (including phenoxy) is 1. The van der Waals surface area contributed by atoms with E-state index < -0.39 is 17.7 Å². The van der Waals surface area contributed by atoms with E-state index in [0.717, 1.165) is 11.1 Å². The zero-order valence-electron chi connectivity index (χ0n) is 19.2. The van der Waals surface area contributed by atoms with Gasteiger partial charge in [-0.05, 0) is 54.7 Å². The normalized spacial score (nSPS) is 17.8. The molecule has 1 aliphatic rings. The quantitative estimate of drug-likeness (QED) is 0.335. The van der Waals surface area contributed by atoms with Crippen molar-refractivity contribution in [1.82, 2.24) is 5.16 Å². The van der Waals surface area contributed by atoms with Crippen molar-refractivity contribution in [2.24, 2.45) is 0 Å². The highest BCUT2D eigenvalue weighted by molar-refractivity contribution is 6.51. The molecular formula is C26H26N2O5. The van der Waals surface area contributed by atoms with Gasteiger partial charge in [-0.25, -0.2) is 0 Å². The van der Waals surface area contributed by atoms with Crippen LogP contribution in [0.4, 0.5) is 5.82 Å². The summed E-state index contributed by atoms with van der Waals surface area (Å²) >= 11 is 0. The first-order valence-corrected chi connectivity index (χ1v) is 10.7. The Labute approximate surface area is 192 Å². The molecule has 1 atom stereocenters. The molecular weight excluding hydrogens is 420 g/mol. The van der Waals surface area contributed by atoms with Crippen LogP contribution in [0, 0.1) is 13.8 Å². The van der Waals surface area contributed by atoms with Gasteiger partial charge in [-0.2, -0.15) is 0 Å². The minimum atomic E-state index is -0.849. The van der Waals surface area contributed by atoms with Gasteiger partial charge in [0.2, 0.25) is 0 Å². The zero-order valence-corrected chi connectivity index (χ0v) is 19.2. The van der Waals surface area contributed by atoms with E-state index in [1.165, 1.54) is 4.90 Å². The minimum absolute atomic E-state index is 0.00233.